The summed E-state index contributed by atoms with van der Waals surface area (Å²) in [6.07, 6.45) is 0.965. The van der Waals surface area contributed by atoms with Crippen LogP contribution in [0.3, 0.4) is 0 Å². The summed E-state index contributed by atoms with van der Waals surface area (Å²) in [7, 11) is -1.03. The standard InChI is InChI=1S/C15H21ClN2O3S/c1-11-3-4-12(16)9-14(11)17-15(19)5-7-18(2)13-6-8-22(20,21)10-13/h3-4,9,13H,5-8,10H2,1-2H3,(H,17,19). The van der Waals surface area contributed by atoms with Crippen LogP contribution >= 0.6 is 11.6 Å². The molecular weight excluding hydrogens is 324 g/mol. The highest BCUT2D eigenvalue weighted by molar-refractivity contribution is 7.91. The second kappa shape index (κ2) is 6.98. The SMILES string of the molecule is Cc1ccc(Cl)cc1NC(=O)CCN(C)C1CCS(=O)(=O)C1. The van der Waals surface area contributed by atoms with Crippen LogP contribution in [0.1, 0.15) is 18.4 Å². The van der Waals surface area contributed by atoms with Gasteiger partial charge in [0.25, 0.3) is 0 Å². The molecule has 1 N–H and O–H groups in total. The van der Waals surface area contributed by atoms with Crippen LogP contribution in [0.2, 0.25) is 5.02 Å². The lowest BCUT2D eigenvalue weighted by atomic mass is 10.2. The molecule has 1 unspecified atom stereocenters. The first-order valence-corrected chi connectivity index (χ1v) is 9.43. The number of amides is 1. The van der Waals surface area contributed by atoms with Gasteiger partial charge >= 0.3 is 0 Å². The van der Waals surface area contributed by atoms with Crippen molar-refractivity contribution in [1.82, 2.24) is 4.90 Å². The number of nitrogens with one attached hydrogen (secondary N) is 1. The van der Waals surface area contributed by atoms with E-state index in [0.29, 0.717) is 30.1 Å². The van der Waals surface area contributed by atoms with E-state index in [4.69, 9.17) is 11.6 Å². The van der Waals surface area contributed by atoms with Crippen LogP contribution in [-0.2, 0) is 14.6 Å². The maximum Gasteiger partial charge on any atom is 0.225 e. The van der Waals surface area contributed by atoms with E-state index in [9.17, 15) is 13.2 Å². The maximum absolute atomic E-state index is 12.0. The summed E-state index contributed by atoms with van der Waals surface area (Å²) in [5, 5.41) is 3.42. The predicted molar refractivity (Wildman–Crippen MR) is 89.1 cm³/mol. The van der Waals surface area contributed by atoms with Gasteiger partial charge in [-0.15, -0.1) is 0 Å². The van der Waals surface area contributed by atoms with Gasteiger partial charge in [-0.1, -0.05) is 17.7 Å². The van der Waals surface area contributed by atoms with Gasteiger partial charge in [0.15, 0.2) is 9.84 Å². The Labute approximate surface area is 136 Å². The average molecular weight is 345 g/mol. The molecule has 1 saturated heterocycles. The number of aryl methyl sites for hydroxylation is 1. The fourth-order valence-electron chi connectivity index (χ4n) is 2.53. The van der Waals surface area contributed by atoms with Gasteiger partial charge in [0.1, 0.15) is 0 Å². The number of hydrogen-bond acceptors (Lipinski definition) is 4. The van der Waals surface area contributed by atoms with Crippen LogP contribution in [0.15, 0.2) is 18.2 Å². The Morgan fingerprint density at radius 3 is 2.82 bits per heavy atom. The van der Waals surface area contributed by atoms with Crippen molar-refractivity contribution in [2.24, 2.45) is 0 Å². The number of benzene rings is 1. The molecule has 0 bridgehead atoms. The van der Waals surface area contributed by atoms with Crippen LogP contribution in [0.25, 0.3) is 0 Å². The third-order valence-corrected chi connectivity index (χ3v) is 5.98. The monoisotopic (exact) mass is 344 g/mol. The lowest BCUT2D eigenvalue weighted by Gasteiger charge is -2.22. The summed E-state index contributed by atoms with van der Waals surface area (Å²) in [5.41, 5.74) is 1.66. The zero-order chi connectivity index (χ0) is 16.3. The number of hydrogen-bond donors (Lipinski definition) is 1. The number of anilines is 1. The fraction of sp³-hybridized carbons (Fsp3) is 0.533. The lowest BCUT2D eigenvalue weighted by molar-refractivity contribution is -0.116. The quantitative estimate of drug-likeness (QED) is 0.888. The molecular formula is C15H21ClN2O3S. The van der Waals surface area contributed by atoms with E-state index in [1.807, 2.05) is 24.9 Å². The zero-order valence-corrected chi connectivity index (χ0v) is 14.4. The van der Waals surface area contributed by atoms with Crippen molar-refractivity contribution >= 4 is 33.0 Å². The van der Waals surface area contributed by atoms with Crippen molar-refractivity contribution < 1.29 is 13.2 Å². The number of sulfone groups is 1. The minimum absolute atomic E-state index is 0.0192. The van der Waals surface area contributed by atoms with E-state index in [1.165, 1.54) is 0 Å². The first-order valence-electron chi connectivity index (χ1n) is 7.23. The van der Waals surface area contributed by atoms with Gasteiger partial charge in [-0.3, -0.25) is 4.79 Å². The van der Waals surface area contributed by atoms with Gasteiger partial charge in [0, 0.05) is 29.7 Å². The van der Waals surface area contributed by atoms with Gasteiger partial charge in [0.2, 0.25) is 5.91 Å². The first kappa shape index (κ1) is 17.2. The maximum atomic E-state index is 12.0. The molecule has 1 aliphatic heterocycles. The lowest BCUT2D eigenvalue weighted by Crippen LogP contribution is -2.35. The van der Waals surface area contributed by atoms with Gasteiger partial charge < -0.3 is 10.2 Å². The summed E-state index contributed by atoms with van der Waals surface area (Å²) >= 11 is 5.92. The molecule has 1 aliphatic rings. The molecule has 5 nitrogen and oxygen atoms in total. The second-order valence-corrected chi connectivity index (χ2v) is 8.46. The molecule has 7 heteroatoms. The van der Waals surface area contributed by atoms with Crippen LogP contribution in [0, 0.1) is 6.92 Å². The molecule has 1 aromatic carbocycles. The van der Waals surface area contributed by atoms with E-state index >= 15 is 0 Å². The average Bonchev–Trinajstić information content (AvgIpc) is 2.80. The Bertz CT molecular complexity index is 661. The largest absolute Gasteiger partial charge is 0.326 e. The highest BCUT2D eigenvalue weighted by Crippen LogP contribution is 2.20. The predicted octanol–water partition coefficient (Wildman–Crippen LogP) is 2.10. The van der Waals surface area contributed by atoms with Crippen LogP contribution in [0.4, 0.5) is 5.69 Å². The van der Waals surface area contributed by atoms with Gasteiger partial charge in [0.05, 0.1) is 11.5 Å². The van der Waals surface area contributed by atoms with Crippen LogP contribution < -0.4 is 5.32 Å². The fourth-order valence-corrected chi connectivity index (χ4v) is 4.50. The molecule has 0 aromatic heterocycles. The molecule has 1 atom stereocenters. The first-order chi connectivity index (χ1) is 10.3. The van der Waals surface area contributed by atoms with E-state index < -0.39 is 9.84 Å². The van der Waals surface area contributed by atoms with Gasteiger partial charge in [-0.2, -0.15) is 0 Å². The molecule has 2 rings (SSSR count). The van der Waals surface area contributed by atoms with Gasteiger partial charge in [-0.05, 0) is 38.1 Å². The van der Waals surface area contributed by atoms with Crippen molar-refractivity contribution in [3.63, 3.8) is 0 Å². The third kappa shape index (κ3) is 4.69. The summed E-state index contributed by atoms with van der Waals surface area (Å²) in [5.74, 6) is 0.340. The van der Waals surface area contributed by atoms with Crippen LogP contribution in [0.5, 0.6) is 0 Å². The summed E-state index contributed by atoms with van der Waals surface area (Å²) in [6.45, 7) is 2.44. The highest BCUT2D eigenvalue weighted by atomic mass is 35.5. The molecule has 1 amide bonds. The molecule has 0 aliphatic carbocycles. The minimum atomic E-state index is -2.89. The highest BCUT2D eigenvalue weighted by Gasteiger charge is 2.30. The molecule has 0 radical (unpaired) electrons. The Kier molecular flexibility index (Phi) is 5.47. The Morgan fingerprint density at radius 1 is 1.45 bits per heavy atom. The molecule has 1 heterocycles. The van der Waals surface area contributed by atoms with E-state index in [-0.39, 0.29) is 23.5 Å². The Hall–Kier alpha value is -1.11. The van der Waals surface area contributed by atoms with Crippen molar-refractivity contribution in [1.29, 1.82) is 0 Å². The zero-order valence-electron chi connectivity index (χ0n) is 12.8. The molecule has 0 spiro atoms. The van der Waals surface area contributed by atoms with Crippen molar-refractivity contribution in [3.8, 4) is 0 Å². The number of carbonyl (C=O) groups excluding carboxylic acids is 1. The van der Waals surface area contributed by atoms with Crippen LogP contribution in [-0.4, -0.2) is 50.4 Å². The van der Waals surface area contributed by atoms with E-state index in [2.05, 4.69) is 5.32 Å². The molecule has 0 saturated carbocycles. The number of rotatable bonds is 5. The van der Waals surface area contributed by atoms with Crippen molar-refractivity contribution in [2.75, 3.05) is 30.4 Å². The smallest absolute Gasteiger partial charge is 0.225 e. The number of nitrogens with zero attached hydrogens (tertiary/aromatic N) is 1. The number of carbonyl (C=O) groups is 1. The molecule has 1 fully saturated rings. The minimum Gasteiger partial charge on any atom is -0.326 e. The second-order valence-electron chi connectivity index (χ2n) is 5.79. The summed E-state index contributed by atoms with van der Waals surface area (Å²) < 4.78 is 23.0. The molecule has 22 heavy (non-hydrogen) atoms. The van der Waals surface area contributed by atoms with Crippen molar-refractivity contribution in [3.05, 3.63) is 28.8 Å². The third-order valence-electron chi connectivity index (χ3n) is 4.00. The van der Waals surface area contributed by atoms with E-state index in [0.717, 1.165) is 5.56 Å². The summed E-state index contributed by atoms with van der Waals surface area (Å²) in [6, 6.07) is 5.38. The summed E-state index contributed by atoms with van der Waals surface area (Å²) in [4.78, 5) is 14.0. The normalized spacial score (nSPS) is 20.3. The molecule has 1 aromatic rings. The Balaban J connectivity index is 1.84. The van der Waals surface area contributed by atoms with Crippen molar-refractivity contribution in [2.45, 2.75) is 25.8 Å². The van der Waals surface area contributed by atoms with E-state index in [1.54, 1.807) is 12.1 Å². The number of halogens is 1. The topological polar surface area (TPSA) is 66.5 Å². The molecule has 122 valence electrons. The van der Waals surface area contributed by atoms with Gasteiger partial charge in [-0.25, -0.2) is 8.42 Å². The Morgan fingerprint density at radius 2 is 2.18 bits per heavy atom.